The first-order valence-corrected chi connectivity index (χ1v) is 7.10. The molecular weight excluding hydrogens is 270 g/mol. The summed E-state index contributed by atoms with van der Waals surface area (Å²) in [5.74, 6) is 0.620. The van der Waals surface area contributed by atoms with Crippen LogP contribution < -0.4 is 15.8 Å². The number of rotatable bonds is 4. The van der Waals surface area contributed by atoms with Crippen molar-refractivity contribution in [2.75, 3.05) is 20.2 Å². The average molecular weight is 291 g/mol. The van der Waals surface area contributed by atoms with E-state index in [4.69, 9.17) is 10.5 Å². The standard InChI is InChI=1S/C15H21N3O3/c1-21-13-7-4-5-11(9-13)14(19)18-8-3-2-6-12(18)10-17-15(16)20/h4-5,7,9,12H,2-3,6,8,10H2,1H3,(H3,16,17,20)/t12-/m0/s1. The average Bonchev–Trinajstić information content (AvgIpc) is 2.52. The van der Waals surface area contributed by atoms with Crippen molar-refractivity contribution in [3.63, 3.8) is 0 Å². The highest BCUT2D eigenvalue weighted by Crippen LogP contribution is 2.21. The van der Waals surface area contributed by atoms with Crippen LogP contribution in [-0.2, 0) is 0 Å². The summed E-state index contributed by atoms with van der Waals surface area (Å²) in [5, 5.41) is 2.59. The van der Waals surface area contributed by atoms with Gasteiger partial charge in [0.15, 0.2) is 0 Å². The number of nitrogens with two attached hydrogens (primary N) is 1. The number of carbonyl (C=O) groups is 2. The second kappa shape index (κ2) is 6.97. The van der Waals surface area contributed by atoms with Gasteiger partial charge >= 0.3 is 6.03 Å². The maximum Gasteiger partial charge on any atom is 0.312 e. The molecule has 1 aliphatic heterocycles. The topological polar surface area (TPSA) is 84.7 Å². The van der Waals surface area contributed by atoms with Gasteiger partial charge in [-0.2, -0.15) is 0 Å². The van der Waals surface area contributed by atoms with E-state index in [1.165, 1.54) is 0 Å². The van der Waals surface area contributed by atoms with Crippen molar-refractivity contribution in [1.29, 1.82) is 0 Å². The van der Waals surface area contributed by atoms with Crippen LogP contribution in [0.2, 0.25) is 0 Å². The van der Waals surface area contributed by atoms with E-state index < -0.39 is 6.03 Å². The summed E-state index contributed by atoms with van der Waals surface area (Å²) in [6.07, 6.45) is 2.89. The zero-order valence-corrected chi connectivity index (χ0v) is 12.2. The van der Waals surface area contributed by atoms with Crippen LogP contribution in [0.3, 0.4) is 0 Å². The number of benzene rings is 1. The molecule has 0 saturated carbocycles. The van der Waals surface area contributed by atoms with Gasteiger partial charge in [-0.05, 0) is 37.5 Å². The van der Waals surface area contributed by atoms with Crippen LogP contribution in [0.25, 0.3) is 0 Å². The number of methoxy groups -OCH3 is 1. The lowest BCUT2D eigenvalue weighted by Crippen LogP contribution is -2.50. The number of hydrogen-bond acceptors (Lipinski definition) is 3. The summed E-state index contributed by atoms with van der Waals surface area (Å²) in [7, 11) is 1.57. The van der Waals surface area contributed by atoms with Gasteiger partial charge in [-0.25, -0.2) is 4.79 Å². The van der Waals surface area contributed by atoms with E-state index in [1.54, 1.807) is 31.4 Å². The largest absolute Gasteiger partial charge is 0.497 e. The first-order valence-electron chi connectivity index (χ1n) is 7.10. The van der Waals surface area contributed by atoms with Crippen LogP contribution in [0.4, 0.5) is 4.79 Å². The number of piperidine rings is 1. The smallest absolute Gasteiger partial charge is 0.312 e. The summed E-state index contributed by atoms with van der Waals surface area (Å²) in [4.78, 5) is 25.3. The first kappa shape index (κ1) is 15.2. The SMILES string of the molecule is COc1cccc(C(=O)N2CCCC[C@H]2CNC(N)=O)c1. The van der Waals surface area contributed by atoms with E-state index in [1.807, 2.05) is 4.90 Å². The Bertz CT molecular complexity index is 519. The molecule has 1 aliphatic rings. The lowest BCUT2D eigenvalue weighted by molar-refractivity contribution is 0.0615. The van der Waals surface area contributed by atoms with Gasteiger partial charge in [0.1, 0.15) is 5.75 Å². The van der Waals surface area contributed by atoms with E-state index >= 15 is 0 Å². The molecule has 1 saturated heterocycles. The van der Waals surface area contributed by atoms with Crippen molar-refractivity contribution < 1.29 is 14.3 Å². The summed E-state index contributed by atoms with van der Waals surface area (Å²) in [6.45, 7) is 1.09. The Morgan fingerprint density at radius 3 is 2.95 bits per heavy atom. The minimum Gasteiger partial charge on any atom is -0.497 e. The monoisotopic (exact) mass is 291 g/mol. The molecule has 1 atom stereocenters. The third-order valence-corrected chi connectivity index (χ3v) is 3.72. The normalized spacial score (nSPS) is 18.1. The maximum absolute atomic E-state index is 12.6. The van der Waals surface area contributed by atoms with Gasteiger partial charge in [-0.1, -0.05) is 6.07 Å². The highest BCUT2D eigenvalue weighted by Gasteiger charge is 2.27. The third-order valence-electron chi connectivity index (χ3n) is 3.72. The minimum atomic E-state index is -0.561. The number of carbonyl (C=O) groups excluding carboxylic acids is 2. The fourth-order valence-corrected chi connectivity index (χ4v) is 2.62. The Labute approximate surface area is 124 Å². The zero-order valence-electron chi connectivity index (χ0n) is 12.2. The number of urea groups is 1. The Morgan fingerprint density at radius 1 is 1.43 bits per heavy atom. The molecule has 1 heterocycles. The molecule has 1 aromatic carbocycles. The molecule has 1 fully saturated rings. The third kappa shape index (κ3) is 3.87. The van der Waals surface area contributed by atoms with Crippen molar-refractivity contribution in [3.05, 3.63) is 29.8 Å². The molecule has 1 aromatic rings. The van der Waals surface area contributed by atoms with Gasteiger partial charge in [0.25, 0.3) is 5.91 Å². The Morgan fingerprint density at radius 2 is 2.24 bits per heavy atom. The Hall–Kier alpha value is -2.24. The Balaban J connectivity index is 2.11. The highest BCUT2D eigenvalue weighted by molar-refractivity contribution is 5.95. The highest BCUT2D eigenvalue weighted by atomic mass is 16.5. The molecule has 6 heteroatoms. The molecule has 0 aliphatic carbocycles. The zero-order chi connectivity index (χ0) is 15.2. The molecule has 0 aromatic heterocycles. The van der Waals surface area contributed by atoms with Crippen LogP contribution >= 0.6 is 0 Å². The number of nitrogens with zero attached hydrogens (tertiary/aromatic N) is 1. The molecular formula is C15H21N3O3. The van der Waals surface area contributed by atoms with Crippen LogP contribution in [0.5, 0.6) is 5.75 Å². The molecule has 21 heavy (non-hydrogen) atoms. The molecule has 3 N–H and O–H groups in total. The van der Waals surface area contributed by atoms with Gasteiger partial charge in [0, 0.05) is 24.7 Å². The molecule has 3 amide bonds. The molecule has 114 valence electrons. The molecule has 0 unspecified atom stereocenters. The van der Waals surface area contributed by atoms with Gasteiger partial charge in [0.2, 0.25) is 0 Å². The molecule has 0 spiro atoms. The van der Waals surface area contributed by atoms with Crippen molar-refractivity contribution in [2.24, 2.45) is 5.73 Å². The van der Waals surface area contributed by atoms with Gasteiger partial charge in [0.05, 0.1) is 7.11 Å². The fourth-order valence-electron chi connectivity index (χ4n) is 2.62. The number of amides is 3. The predicted molar refractivity (Wildman–Crippen MR) is 79.3 cm³/mol. The van der Waals surface area contributed by atoms with Crippen LogP contribution in [0, 0.1) is 0 Å². The number of ether oxygens (including phenoxy) is 1. The van der Waals surface area contributed by atoms with Crippen molar-refractivity contribution >= 4 is 11.9 Å². The van der Waals surface area contributed by atoms with Crippen LogP contribution in [0.15, 0.2) is 24.3 Å². The van der Waals surface area contributed by atoms with Gasteiger partial charge in [-0.3, -0.25) is 4.79 Å². The van der Waals surface area contributed by atoms with Gasteiger partial charge in [-0.15, -0.1) is 0 Å². The second-order valence-electron chi connectivity index (χ2n) is 5.13. The molecule has 0 bridgehead atoms. The maximum atomic E-state index is 12.6. The summed E-state index contributed by atoms with van der Waals surface area (Å²) >= 11 is 0. The van der Waals surface area contributed by atoms with E-state index in [2.05, 4.69) is 5.32 Å². The lowest BCUT2D eigenvalue weighted by Gasteiger charge is -2.35. The van der Waals surface area contributed by atoms with E-state index in [0.29, 0.717) is 24.4 Å². The van der Waals surface area contributed by atoms with E-state index in [9.17, 15) is 9.59 Å². The molecule has 0 radical (unpaired) electrons. The quantitative estimate of drug-likeness (QED) is 0.878. The summed E-state index contributed by atoms with van der Waals surface area (Å²) in [6, 6.07) is 6.54. The van der Waals surface area contributed by atoms with Crippen molar-refractivity contribution in [2.45, 2.75) is 25.3 Å². The predicted octanol–water partition coefficient (Wildman–Crippen LogP) is 1.36. The number of likely N-dealkylation sites (tertiary alicyclic amines) is 1. The number of hydrogen-bond donors (Lipinski definition) is 2. The van der Waals surface area contributed by atoms with Gasteiger partial charge < -0.3 is 20.7 Å². The molecule has 6 nitrogen and oxygen atoms in total. The Kier molecular flexibility index (Phi) is 5.03. The van der Waals surface area contributed by atoms with E-state index in [0.717, 1.165) is 19.3 Å². The van der Waals surface area contributed by atoms with Crippen molar-refractivity contribution in [1.82, 2.24) is 10.2 Å². The van der Waals surface area contributed by atoms with Crippen molar-refractivity contribution in [3.8, 4) is 5.75 Å². The lowest BCUT2D eigenvalue weighted by atomic mass is 10.0. The summed E-state index contributed by atoms with van der Waals surface area (Å²) < 4.78 is 5.15. The first-order chi connectivity index (χ1) is 10.1. The van der Waals surface area contributed by atoms with Crippen LogP contribution in [-0.4, -0.2) is 43.1 Å². The minimum absolute atomic E-state index is 0.00930. The van der Waals surface area contributed by atoms with E-state index in [-0.39, 0.29) is 11.9 Å². The number of primary amides is 1. The van der Waals surface area contributed by atoms with Crippen LogP contribution in [0.1, 0.15) is 29.6 Å². The second-order valence-corrected chi connectivity index (χ2v) is 5.13. The summed E-state index contributed by atoms with van der Waals surface area (Å²) in [5.41, 5.74) is 5.71. The fraction of sp³-hybridized carbons (Fsp3) is 0.467. The number of nitrogens with one attached hydrogen (secondary N) is 1. The molecule has 2 rings (SSSR count).